The summed E-state index contributed by atoms with van der Waals surface area (Å²) in [5, 5.41) is 0. The number of fused-ring (bicyclic) bond motifs is 1. The number of hydrogen-bond donors (Lipinski definition) is 1. The molecule has 0 saturated carbocycles. The summed E-state index contributed by atoms with van der Waals surface area (Å²) in [6.45, 7) is 3.16. The second kappa shape index (κ2) is 7.96. The lowest BCUT2D eigenvalue weighted by atomic mass is 10.1. The Morgan fingerprint density at radius 3 is 2.48 bits per heavy atom. The summed E-state index contributed by atoms with van der Waals surface area (Å²) in [7, 11) is 0. The molecule has 0 spiro atoms. The van der Waals surface area contributed by atoms with E-state index in [2.05, 4.69) is 22.1 Å². The highest BCUT2D eigenvalue weighted by Crippen LogP contribution is 2.32. The van der Waals surface area contributed by atoms with Gasteiger partial charge in [-0.05, 0) is 42.8 Å². The van der Waals surface area contributed by atoms with Gasteiger partial charge in [-0.15, -0.1) is 0 Å². The van der Waals surface area contributed by atoms with E-state index in [0.717, 1.165) is 40.3 Å². The minimum absolute atomic E-state index is 0.582. The van der Waals surface area contributed by atoms with Crippen molar-refractivity contribution in [3.8, 4) is 22.9 Å². The largest absolute Gasteiger partial charge is 0.490 e. The Labute approximate surface area is 158 Å². The number of para-hydroxylation sites is 2. The van der Waals surface area contributed by atoms with Gasteiger partial charge in [-0.25, -0.2) is 4.98 Å². The highest BCUT2D eigenvalue weighted by atomic mass is 16.5. The van der Waals surface area contributed by atoms with Gasteiger partial charge in [0.15, 0.2) is 11.5 Å². The second-order valence-electron chi connectivity index (χ2n) is 6.28. The van der Waals surface area contributed by atoms with Crippen molar-refractivity contribution in [2.75, 3.05) is 13.2 Å². The Bertz CT molecular complexity index is 992. The van der Waals surface area contributed by atoms with Crippen molar-refractivity contribution >= 4 is 11.0 Å². The van der Waals surface area contributed by atoms with Crippen LogP contribution in [0.1, 0.15) is 12.5 Å². The summed E-state index contributed by atoms with van der Waals surface area (Å²) >= 11 is 0. The molecule has 3 aromatic carbocycles. The molecule has 0 bridgehead atoms. The number of ether oxygens (including phenoxy) is 2. The van der Waals surface area contributed by atoms with Crippen molar-refractivity contribution in [3.63, 3.8) is 0 Å². The summed E-state index contributed by atoms with van der Waals surface area (Å²) < 4.78 is 11.8. The van der Waals surface area contributed by atoms with Gasteiger partial charge < -0.3 is 14.5 Å². The van der Waals surface area contributed by atoms with Crippen LogP contribution in [-0.2, 0) is 6.42 Å². The van der Waals surface area contributed by atoms with Gasteiger partial charge in [-0.3, -0.25) is 0 Å². The van der Waals surface area contributed by atoms with Gasteiger partial charge in [0.2, 0.25) is 0 Å². The topological polar surface area (TPSA) is 47.1 Å². The lowest BCUT2D eigenvalue weighted by Gasteiger charge is -2.13. The van der Waals surface area contributed by atoms with E-state index in [9.17, 15) is 0 Å². The Balaban J connectivity index is 1.54. The molecule has 1 aromatic heterocycles. The van der Waals surface area contributed by atoms with E-state index >= 15 is 0 Å². The first-order valence-corrected chi connectivity index (χ1v) is 9.22. The highest BCUT2D eigenvalue weighted by molar-refractivity contribution is 5.79. The Morgan fingerprint density at radius 2 is 1.67 bits per heavy atom. The van der Waals surface area contributed by atoms with Gasteiger partial charge in [0.05, 0.1) is 24.2 Å². The molecular formula is C23H22N2O2. The van der Waals surface area contributed by atoms with Crippen LogP contribution in [0.15, 0.2) is 72.8 Å². The van der Waals surface area contributed by atoms with Gasteiger partial charge in [0.1, 0.15) is 5.82 Å². The molecule has 4 nitrogen and oxygen atoms in total. The first kappa shape index (κ1) is 17.2. The Kier molecular flexibility index (Phi) is 5.06. The summed E-state index contributed by atoms with van der Waals surface area (Å²) in [4.78, 5) is 8.02. The average molecular weight is 358 g/mol. The van der Waals surface area contributed by atoms with E-state index < -0.39 is 0 Å². The summed E-state index contributed by atoms with van der Waals surface area (Å²) in [5.74, 6) is 2.32. The number of aromatic nitrogens is 2. The SMILES string of the molecule is CCOc1cc(-c2nc3ccccc3[nH]2)ccc1OCCc1ccccc1. The Morgan fingerprint density at radius 1 is 0.852 bits per heavy atom. The van der Waals surface area contributed by atoms with Crippen LogP contribution in [0.25, 0.3) is 22.4 Å². The molecule has 136 valence electrons. The van der Waals surface area contributed by atoms with Gasteiger partial charge >= 0.3 is 0 Å². The number of imidazole rings is 1. The first-order valence-electron chi connectivity index (χ1n) is 9.22. The Hall–Kier alpha value is -3.27. The standard InChI is InChI=1S/C23H22N2O2/c1-2-26-22-16-18(23-24-19-10-6-7-11-20(19)25-23)12-13-21(22)27-15-14-17-8-4-3-5-9-17/h3-13,16H,2,14-15H2,1H3,(H,24,25). The third-order valence-corrected chi connectivity index (χ3v) is 4.40. The fourth-order valence-corrected chi connectivity index (χ4v) is 3.06. The van der Waals surface area contributed by atoms with E-state index in [0.29, 0.717) is 13.2 Å². The zero-order chi connectivity index (χ0) is 18.5. The number of aromatic amines is 1. The molecule has 0 fully saturated rings. The summed E-state index contributed by atoms with van der Waals surface area (Å²) in [5.41, 5.74) is 4.21. The van der Waals surface area contributed by atoms with Gasteiger partial charge in [0, 0.05) is 12.0 Å². The monoisotopic (exact) mass is 358 g/mol. The zero-order valence-electron chi connectivity index (χ0n) is 15.3. The number of nitrogens with zero attached hydrogens (tertiary/aromatic N) is 1. The molecule has 0 amide bonds. The highest BCUT2D eigenvalue weighted by Gasteiger charge is 2.11. The summed E-state index contributed by atoms with van der Waals surface area (Å²) in [6, 6.07) is 24.3. The number of benzene rings is 3. The molecule has 4 aromatic rings. The molecule has 0 saturated heterocycles. The minimum Gasteiger partial charge on any atom is -0.490 e. The lowest BCUT2D eigenvalue weighted by molar-refractivity contribution is 0.279. The quantitative estimate of drug-likeness (QED) is 0.491. The van der Waals surface area contributed by atoms with Crippen LogP contribution in [0, 0.1) is 0 Å². The fourth-order valence-electron chi connectivity index (χ4n) is 3.06. The molecule has 4 rings (SSSR count). The van der Waals surface area contributed by atoms with E-state index in [1.54, 1.807) is 0 Å². The van der Waals surface area contributed by atoms with E-state index in [-0.39, 0.29) is 0 Å². The van der Waals surface area contributed by atoms with Crippen molar-refractivity contribution in [1.82, 2.24) is 9.97 Å². The molecule has 1 N–H and O–H groups in total. The number of hydrogen-bond acceptors (Lipinski definition) is 3. The van der Waals surface area contributed by atoms with Crippen LogP contribution in [-0.4, -0.2) is 23.2 Å². The predicted octanol–water partition coefficient (Wildman–Crippen LogP) is 5.25. The maximum atomic E-state index is 5.99. The number of rotatable bonds is 7. The van der Waals surface area contributed by atoms with E-state index in [1.165, 1.54) is 5.56 Å². The molecule has 0 aliphatic heterocycles. The molecule has 0 radical (unpaired) electrons. The average Bonchev–Trinajstić information content (AvgIpc) is 3.14. The van der Waals surface area contributed by atoms with Gasteiger partial charge in [-0.1, -0.05) is 42.5 Å². The van der Waals surface area contributed by atoms with Crippen LogP contribution >= 0.6 is 0 Å². The maximum Gasteiger partial charge on any atom is 0.161 e. The van der Waals surface area contributed by atoms with Crippen molar-refractivity contribution in [1.29, 1.82) is 0 Å². The second-order valence-corrected chi connectivity index (χ2v) is 6.28. The van der Waals surface area contributed by atoms with Gasteiger partial charge in [-0.2, -0.15) is 0 Å². The van der Waals surface area contributed by atoms with Crippen LogP contribution < -0.4 is 9.47 Å². The molecule has 0 atom stereocenters. The van der Waals surface area contributed by atoms with Crippen LogP contribution in [0.4, 0.5) is 0 Å². The van der Waals surface area contributed by atoms with Crippen LogP contribution in [0.3, 0.4) is 0 Å². The smallest absolute Gasteiger partial charge is 0.161 e. The summed E-state index contributed by atoms with van der Waals surface area (Å²) in [6.07, 6.45) is 0.859. The molecule has 0 unspecified atom stereocenters. The minimum atomic E-state index is 0.582. The zero-order valence-corrected chi connectivity index (χ0v) is 15.3. The predicted molar refractivity (Wildman–Crippen MR) is 108 cm³/mol. The van der Waals surface area contributed by atoms with Gasteiger partial charge in [0.25, 0.3) is 0 Å². The van der Waals surface area contributed by atoms with Crippen molar-refractivity contribution in [3.05, 3.63) is 78.4 Å². The van der Waals surface area contributed by atoms with Crippen molar-refractivity contribution < 1.29 is 9.47 Å². The molecule has 0 aliphatic carbocycles. The fraction of sp³-hybridized carbons (Fsp3) is 0.174. The van der Waals surface area contributed by atoms with Crippen molar-refractivity contribution in [2.24, 2.45) is 0 Å². The number of H-pyrrole nitrogens is 1. The normalized spacial score (nSPS) is 10.9. The van der Waals surface area contributed by atoms with Crippen LogP contribution in [0.5, 0.6) is 11.5 Å². The number of nitrogens with one attached hydrogen (secondary N) is 1. The third-order valence-electron chi connectivity index (χ3n) is 4.40. The third kappa shape index (κ3) is 3.95. The maximum absolute atomic E-state index is 5.99. The van der Waals surface area contributed by atoms with Crippen LogP contribution in [0.2, 0.25) is 0 Å². The first-order chi connectivity index (χ1) is 13.3. The van der Waals surface area contributed by atoms with Crippen molar-refractivity contribution in [2.45, 2.75) is 13.3 Å². The lowest BCUT2D eigenvalue weighted by Crippen LogP contribution is -2.03. The van der Waals surface area contributed by atoms with E-state index in [1.807, 2.05) is 67.6 Å². The molecule has 1 heterocycles. The molecule has 4 heteroatoms. The molecule has 27 heavy (non-hydrogen) atoms. The molecular weight excluding hydrogens is 336 g/mol. The molecule has 0 aliphatic rings. The van der Waals surface area contributed by atoms with E-state index in [4.69, 9.17) is 9.47 Å².